The number of carbonyl (C=O) groups is 1. The lowest BCUT2D eigenvalue weighted by Gasteiger charge is -2.09. The van der Waals surface area contributed by atoms with Crippen molar-refractivity contribution in [3.63, 3.8) is 0 Å². The lowest BCUT2D eigenvalue weighted by Crippen LogP contribution is -2.13. The summed E-state index contributed by atoms with van der Waals surface area (Å²) in [6.45, 7) is 5.91. The standard InChI is InChI=1S/C15H16N2O/c1-10-6-11(2)8-13(7-10)17-15(18)14-4-5-16-9-12(14)3/h4-9H,1-3H3,(H,17,18). The van der Waals surface area contributed by atoms with E-state index < -0.39 is 0 Å². The Balaban J connectivity index is 2.24. The number of pyridine rings is 1. The average Bonchev–Trinajstić information content (AvgIpc) is 2.27. The van der Waals surface area contributed by atoms with Gasteiger partial charge in [-0.1, -0.05) is 6.07 Å². The summed E-state index contributed by atoms with van der Waals surface area (Å²) in [5.41, 5.74) is 4.63. The van der Waals surface area contributed by atoms with Gasteiger partial charge in [-0.3, -0.25) is 9.78 Å². The first-order valence-electron chi connectivity index (χ1n) is 5.86. The van der Waals surface area contributed by atoms with Gasteiger partial charge in [0.05, 0.1) is 0 Å². The second-order valence-corrected chi connectivity index (χ2v) is 4.52. The lowest BCUT2D eigenvalue weighted by molar-refractivity contribution is 0.102. The number of aromatic nitrogens is 1. The number of nitrogens with one attached hydrogen (secondary N) is 1. The minimum atomic E-state index is -0.0973. The first-order valence-corrected chi connectivity index (χ1v) is 5.86. The van der Waals surface area contributed by atoms with Crippen LogP contribution in [0.4, 0.5) is 5.69 Å². The molecule has 0 unspecified atom stereocenters. The van der Waals surface area contributed by atoms with E-state index in [9.17, 15) is 4.79 Å². The number of carbonyl (C=O) groups excluding carboxylic acids is 1. The molecule has 2 aromatic rings. The highest BCUT2D eigenvalue weighted by molar-refractivity contribution is 6.05. The van der Waals surface area contributed by atoms with Gasteiger partial charge in [-0.25, -0.2) is 0 Å². The van der Waals surface area contributed by atoms with Crippen LogP contribution in [0.3, 0.4) is 0 Å². The predicted octanol–water partition coefficient (Wildman–Crippen LogP) is 3.26. The van der Waals surface area contributed by atoms with Crippen LogP contribution in [0.5, 0.6) is 0 Å². The van der Waals surface area contributed by atoms with Gasteiger partial charge >= 0.3 is 0 Å². The number of benzene rings is 1. The molecule has 1 heterocycles. The Labute approximate surface area is 107 Å². The van der Waals surface area contributed by atoms with E-state index in [1.165, 1.54) is 0 Å². The van der Waals surface area contributed by atoms with E-state index in [1.807, 2.05) is 32.9 Å². The summed E-state index contributed by atoms with van der Waals surface area (Å²) in [6.07, 6.45) is 3.32. The summed E-state index contributed by atoms with van der Waals surface area (Å²) < 4.78 is 0. The summed E-state index contributed by atoms with van der Waals surface area (Å²) in [6, 6.07) is 7.73. The van der Waals surface area contributed by atoms with Gasteiger partial charge in [0.2, 0.25) is 0 Å². The van der Waals surface area contributed by atoms with Gasteiger partial charge in [-0.2, -0.15) is 0 Å². The minimum Gasteiger partial charge on any atom is -0.322 e. The number of hydrogen-bond donors (Lipinski definition) is 1. The molecule has 0 aliphatic carbocycles. The molecule has 3 nitrogen and oxygen atoms in total. The number of anilines is 1. The summed E-state index contributed by atoms with van der Waals surface area (Å²) in [5, 5.41) is 2.91. The smallest absolute Gasteiger partial charge is 0.256 e. The Morgan fingerprint density at radius 2 is 1.78 bits per heavy atom. The number of nitrogens with zero attached hydrogens (tertiary/aromatic N) is 1. The molecular weight excluding hydrogens is 224 g/mol. The second kappa shape index (κ2) is 5.00. The Kier molecular flexibility index (Phi) is 3.42. The van der Waals surface area contributed by atoms with E-state index in [2.05, 4.69) is 16.4 Å². The van der Waals surface area contributed by atoms with E-state index in [0.717, 1.165) is 22.4 Å². The van der Waals surface area contributed by atoms with Gasteiger partial charge in [0.1, 0.15) is 0 Å². The van der Waals surface area contributed by atoms with Crippen LogP contribution >= 0.6 is 0 Å². The largest absolute Gasteiger partial charge is 0.322 e. The van der Waals surface area contributed by atoms with Crippen LogP contribution in [0.25, 0.3) is 0 Å². The molecule has 1 amide bonds. The SMILES string of the molecule is Cc1cc(C)cc(NC(=O)c2ccncc2C)c1. The lowest BCUT2D eigenvalue weighted by atomic mass is 10.1. The van der Waals surface area contributed by atoms with Gasteiger partial charge in [0, 0.05) is 23.6 Å². The fourth-order valence-electron chi connectivity index (χ4n) is 1.97. The molecule has 0 aliphatic rings. The summed E-state index contributed by atoms with van der Waals surface area (Å²) >= 11 is 0. The first kappa shape index (κ1) is 12.3. The van der Waals surface area contributed by atoms with E-state index in [4.69, 9.17) is 0 Å². The highest BCUT2D eigenvalue weighted by atomic mass is 16.1. The molecule has 1 aromatic carbocycles. The van der Waals surface area contributed by atoms with Crippen molar-refractivity contribution in [2.75, 3.05) is 5.32 Å². The molecule has 0 atom stereocenters. The molecule has 1 N–H and O–H groups in total. The van der Waals surface area contributed by atoms with Crippen molar-refractivity contribution in [3.05, 3.63) is 58.9 Å². The Morgan fingerprint density at radius 3 is 2.39 bits per heavy atom. The van der Waals surface area contributed by atoms with Crippen molar-refractivity contribution >= 4 is 11.6 Å². The van der Waals surface area contributed by atoms with Crippen LogP contribution < -0.4 is 5.32 Å². The molecule has 3 heteroatoms. The highest BCUT2D eigenvalue weighted by Crippen LogP contribution is 2.15. The van der Waals surface area contributed by atoms with Crippen LogP contribution in [0.1, 0.15) is 27.0 Å². The molecule has 0 saturated carbocycles. The van der Waals surface area contributed by atoms with Crippen molar-refractivity contribution in [2.24, 2.45) is 0 Å². The van der Waals surface area contributed by atoms with Gasteiger partial charge in [0.15, 0.2) is 0 Å². The number of hydrogen-bond acceptors (Lipinski definition) is 2. The monoisotopic (exact) mass is 240 g/mol. The number of amides is 1. The Hall–Kier alpha value is -2.16. The molecular formula is C15H16N2O. The number of aryl methyl sites for hydroxylation is 3. The van der Waals surface area contributed by atoms with Gasteiger partial charge < -0.3 is 5.32 Å². The summed E-state index contributed by atoms with van der Waals surface area (Å²) in [7, 11) is 0. The van der Waals surface area contributed by atoms with E-state index in [-0.39, 0.29) is 5.91 Å². The zero-order chi connectivity index (χ0) is 13.1. The summed E-state index contributed by atoms with van der Waals surface area (Å²) in [4.78, 5) is 16.1. The van der Waals surface area contributed by atoms with Crippen molar-refractivity contribution in [2.45, 2.75) is 20.8 Å². The van der Waals surface area contributed by atoms with E-state index >= 15 is 0 Å². The molecule has 0 spiro atoms. The molecule has 0 saturated heterocycles. The Bertz CT molecular complexity index is 571. The number of rotatable bonds is 2. The van der Waals surface area contributed by atoms with Crippen LogP contribution in [0.15, 0.2) is 36.7 Å². The maximum atomic E-state index is 12.1. The second-order valence-electron chi connectivity index (χ2n) is 4.52. The first-order chi connectivity index (χ1) is 8.56. The fraction of sp³-hybridized carbons (Fsp3) is 0.200. The van der Waals surface area contributed by atoms with Crippen molar-refractivity contribution in [3.8, 4) is 0 Å². The zero-order valence-corrected chi connectivity index (χ0v) is 10.8. The van der Waals surface area contributed by atoms with Crippen molar-refractivity contribution in [1.29, 1.82) is 0 Å². The zero-order valence-electron chi connectivity index (χ0n) is 10.8. The van der Waals surface area contributed by atoms with Gasteiger partial charge in [-0.05, 0) is 55.7 Å². The van der Waals surface area contributed by atoms with Crippen LogP contribution in [0, 0.1) is 20.8 Å². The van der Waals surface area contributed by atoms with E-state index in [1.54, 1.807) is 18.5 Å². The molecule has 18 heavy (non-hydrogen) atoms. The molecule has 2 rings (SSSR count). The maximum Gasteiger partial charge on any atom is 0.256 e. The fourth-order valence-corrected chi connectivity index (χ4v) is 1.97. The molecule has 0 bridgehead atoms. The van der Waals surface area contributed by atoms with Crippen molar-refractivity contribution in [1.82, 2.24) is 4.98 Å². The maximum absolute atomic E-state index is 12.1. The molecule has 0 aliphatic heterocycles. The quantitative estimate of drug-likeness (QED) is 0.875. The predicted molar refractivity (Wildman–Crippen MR) is 72.8 cm³/mol. The van der Waals surface area contributed by atoms with Crippen LogP contribution in [-0.2, 0) is 0 Å². The third-order valence-corrected chi connectivity index (χ3v) is 2.74. The minimum absolute atomic E-state index is 0.0973. The summed E-state index contributed by atoms with van der Waals surface area (Å²) in [5.74, 6) is -0.0973. The molecule has 92 valence electrons. The van der Waals surface area contributed by atoms with Crippen LogP contribution in [0.2, 0.25) is 0 Å². The molecule has 0 fully saturated rings. The Morgan fingerprint density at radius 1 is 1.11 bits per heavy atom. The average molecular weight is 240 g/mol. The topological polar surface area (TPSA) is 42.0 Å². The van der Waals surface area contributed by atoms with E-state index in [0.29, 0.717) is 5.56 Å². The normalized spacial score (nSPS) is 10.2. The van der Waals surface area contributed by atoms with Gasteiger partial charge in [0.25, 0.3) is 5.91 Å². The third kappa shape index (κ3) is 2.74. The molecule has 1 aromatic heterocycles. The highest BCUT2D eigenvalue weighted by Gasteiger charge is 2.09. The third-order valence-electron chi connectivity index (χ3n) is 2.74. The molecule has 0 radical (unpaired) electrons. The van der Waals surface area contributed by atoms with Crippen molar-refractivity contribution < 1.29 is 4.79 Å². The van der Waals surface area contributed by atoms with Gasteiger partial charge in [-0.15, -0.1) is 0 Å². The van der Waals surface area contributed by atoms with Crippen LogP contribution in [-0.4, -0.2) is 10.9 Å².